The van der Waals surface area contributed by atoms with Crippen molar-refractivity contribution in [3.8, 4) is 5.75 Å². The fourth-order valence-corrected chi connectivity index (χ4v) is 1.91. The Labute approximate surface area is 131 Å². The van der Waals surface area contributed by atoms with E-state index in [4.69, 9.17) is 9.29 Å². The zero-order chi connectivity index (χ0) is 12.7. The van der Waals surface area contributed by atoms with Crippen LogP contribution >= 0.6 is 0 Å². The first-order valence-electron chi connectivity index (χ1n) is 5.74. The van der Waals surface area contributed by atoms with Crippen LogP contribution in [0.2, 0.25) is 0 Å². The SMILES string of the molecule is CCCCCCOc1ccc(S(=O)(=O)O)cc1.[NaH]. The predicted octanol–water partition coefficient (Wildman–Crippen LogP) is 2.24. The number of hydrogen-bond acceptors (Lipinski definition) is 3. The Balaban J connectivity index is 0.00000289. The molecule has 0 fully saturated rings. The Morgan fingerprint density at radius 3 is 2.22 bits per heavy atom. The van der Waals surface area contributed by atoms with Gasteiger partial charge in [-0.2, -0.15) is 8.42 Å². The van der Waals surface area contributed by atoms with Crippen molar-refractivity contribution in [3.05, 3.63) is 24.3 Å². The molecular weight excluding hydrogens is 263 g/mol. The summed E-state index contributed by atoms with van der Waals surface area (Å²) in [5.74, 6) is 0.619. The molecule has 0 amide bonds. The van der Waals surface area contributed by atoms with Gasteiger partial charge in [0.15, 0.2) is 0 Å². The molecule has 0 bridgehead atoms. The Morgan fingerprint density at radius 2 is 1.72 bits per heavy atom. The number of rotatable bonds is 7. The van der Waals surface area contributed by atoms with Crippen molar-refractivity contribution in [2.45, 2.75) is 37.5 Å². The summed E-state index contributed by atoms with van der Waals surface area (Å²) < 4.78 is 35.8. The van der Waals surface area contributed by atoms with E-state index in [-0.39, 0.29) is 34.5 Å². The molecule has 0 aromatic heterocycles. The van der Waals surface area contributed by atoms with Gasteiger partial charge in [0.25, 0.3) is 10.1 Å². The normalized spacial score (nSPS) is 10.8. The molecule has 1 aromatic rings. The van der Waals surface area contributed by atoms with Crippen LogP contribution in [0, 0.1) is 0 Å². The van der Waals surface area contributed by atoms with E-state index in [1.807, 2.05) is 0 Å². The Kier molecular flexibility index (Phi) is 8.90. The molecule has 0 aliphatic carbocycles. The molecule has 18 heavy (non-hydrogen) atoms. The van der Waals surface area contributed by atoms with E-state index in [1.54, 1.807) is 12.1 Å². The van der Waals surface area contributed by atoms with E-state index in [9.17, 15) is 8.42 Å². The Morgan fingerprint density at radius 1 is 1.11 bits per heavy atom. The summed E-state index contributed by atoms with van der Waals surface area (Å²) in [5, 5.41) is 0. The fraction of sp³-hybridized carbons (Fsp3) is 0.500. The summed E-state index contributed by atoms with van der Waals surface area (Å²) in [6.45, 7) is 2.78. The molecule has 1 N–H and O–H groups in total. The van der Waals surface area contributed by atoms with Crippen LogP contribution in [-0.2, 0) is 10.1 Å². The molecule has 0 aliphatic rings. The van der Waals surface area contributed by atoms with Crippen molar-refractivity contribution >= 4 is 39.7 Å². The second-order valence-electron chi connectivity index (χ2n) is 3.86. The molecule has 0 atom stereocenters. The third-order valence-electron chi connectivity index (χ3n) is 2.39. The number of unbranched alkanes of at least 4 members (excludes halogenated alkanes) is 3. The number of ether oxygens (including phenoxy) is 1. The molecule has 0 saturated carbocycles. The van der Waals surface area contributed by atoms with E-state index in [0.29, 0.717) is 12.4 Å². The van der Waals surface area contributed by atoms with Gasteiger partial charge in [-0.3, -0.25) is 4.55 Å². The molecule has 0 unspecified atom stereocenters. The van der Waals surface area contributed by atoms with Crippen LogP contribution in [0.5, 0.6) is 5.75 Å². The van der Waals surface area contributed by atoms with Crippen LogP contribution in [0.15, 0.2) is 29.2 Å². The zero-order valence-corrected chi connectivity index (χ0v) is 10.7. The summed E-state index contributed by atoms with van der Waals surface area (Å²) in [6.07, 6.45) is 4.52. The predicted molar refractivity (Wildman–Crippen MR) is 73.0 cm³/mol. The van der Waals surface area contributed by atoms with Gasteiger partial charge in [0.2, 0.25) is 0 Å². The molecule has 0 spiro atoms. The van der Waals surface area contributed by atoms with Gasteiger partial charge >= 0.3 is 29.6 Å². The molecule has 98 valence electrons. The first kappa shape index (κ1) is 17.9. The van der Waals surface area contributed by atoms with Gasteiger partial charge in [0.05, 0.1) is 11.5 Å². The summed E-state index contributed by atoms with van der Waals surface area (Å²) in [5.41, 5.74) is 0. The third kappa shape index (κ3) is 6.75. The molecule has 0 radical (unpaired) electrons. The summed E-state index contributed by atoms with van der Waals surface area (Å²) in [4.78, 5) is -0.115. The van der Waals surface area contributed by atoms with Crippen LogP contribution in [0.1, 0.15) is 32.6 Å². The van der Waals surface area contributed by atoms with Crippen LogP contribution < -0.4 is 4.74 Å². The topological polar surface area (TPSA) is 63.6 Å². The van der Waals surface area contributed by atoms with Crippen molar-refractivity contribution in [2.24, 2.45) is 0 Å². The van der Waals surface area contributed by atoms with Crippen LogP contribution in [0.4, 0.5) is 0 Å². The molecule has 1 aromatic carbocycles. The van der Waals surface area contributed by atoms with E-state index >= 15 is 0 Å². The maximum absolute atomic E-state index is 10.8. The van der Waals surface area contributed by atoms with Crippen LogP contribution in [0.25, 0.3) is 0 Å². The number of benzene rings is 1. The Bertz CT molecular complexity index is 428. The van der Waals surface area contributed by atoms with Crippen molar-refractivity contribution < 1.29 is 17.7 Å². The molecule has 1 rings (SSSR count). The molecule has 0 saturated heterocycles. The third-order valence-corrected chi connectivity index (χ3v) is 3.26. The minimum absolute atomic E-state index is 0. The van der Waals surface area contributed by atoms with Crippen LogP contribution in [-0.4, -0.2) is 49.1 Å². The average Bonchev–Trinajstić information content (AvgIpc) is 2.28. The van der Waals surface area contributed by atoms with E-state index in [0.717, 1.165) is 12.8 Å². The van der Waals surface area contributed by atoms with Gasteiger partial charge in [-0.25, -0.2) is 0 Å². The molecule has 4 nitrogen and oxygen atoms in total. The van der Waals surface area contributed by atoms with Crippen LogP contribution in [0.3, 0.4) is 0 Å². The monoisotopic (exact) mass is 282 g/mol. The minimum atomic E-state index is -4.11. The maximum atomic E-state index is 10.8. The molecule has 0 heterocycles. The Hall–Kier alpha value is -0.0700. The number of hydrogen-bond donors (Lipinski definition) is 1. The first-order valence-corrected chi connectivity index (χ1v) is 7.18. The zero-order valence-electron chi connectivity index (χ0n) is 9.93. The van der Waals surface area contributed by atoms with Gasteiger partial charge < -0.3 is 4.74 Å². The van der Waals surface area contributed by atoms with Crippen molar-refractivity contribution in [3.63, 3.8) is 0 Å². The summed E-state index contributed by atoms with van der Waals surface area (Å²) in [6, 6.07) is 5.75. The van der Waals surface area contributed by atoms with Gasteiger partial charge in [-0.15, -0.1) is 0 Å². The average molecular weight is 282 g/mol. The van der Waals surface area contributed by atoms with E-state index in [2.05, 4.69) is 6.92 Å². The molecule has 6 heteroatoms. The second kappa shape index (κ2) is 8.93. The van der Waals surface area contributed by atoms with Gasteiger partial charge in [0, 0.05) is 0 Å². The fourth-order valence-electron chi connectivity index (χ4n) is 1.43. The summed E-state index contributed by atoms with van der Waals surface area (Å²) in [7, 11) is -4.11. The quantitative estimate of drug-likeness (QED) is 0.473. The van der Waals surface area contributed by atoms with Gasteiger partial charge in [0.1, 0.15) is 5.75 Å². The van der Waals surface area contributed by atoms with Crippen molar-refractivity contribution in [2.75, 3.05) is 6.61 Å². The molecule has 0 aliphatic heterocycles. The molecular formula is C12H19NaO4S. The van der Waals surface area contributed by atoms with E-state index < -0.39 is 10.1 Å². The van der Waals surface area contributed by atoms with Crippen molar-refractivity contribution in [1.82, 2.24) is 0 Å². The van der Waals surface area contributed by atoms with E-state index in [1.165, 1.54) is 25.0 Å². The standard InChI is InChI=1S/C12H18O4S.Na.H/c1-2-3-4-5-10-16-11-6-8-12(9-7-11)17(13,14)15;;/h6-9H,2-5,10H2,1H3,(H,13,14,15);;. The van der Waals surface area contributed by atoms with Crippen molar-refractivity contribution in [1.29, 1.82) is 0 Å². The van der Waals surface area contributed by atoms with Gasteiger partial charge in [-0.05, 0) is 30.7 Å². The first-order chi connectivity index (χ1) is 8.04. The second-order valence-corrected chi connectivity index (χ2v) is 5.28. The van der Waals surface area contributed by atoms with Gasteiger partial charge in [-0.1, -0.05) is 26.2 Å². The summed E-state index contributed by atoms with van der Waals surface area (Å²) >= 11 is 0.